The molecule has 3 rings (SSSR count). The SMILES string of the molecule is CC(C)CCN(c1cc(C#N)c2ccccc2n1)C1CC1. The molecule has 21 heavy (non-hydrogen) atoms. The molecule has 2 aromatic rings. The number of rotatable bonds is 5. The van der Waals surface area contributed by atoms with E-state index >= 15 is 0 Å². The van der Waals surface area contributed by atoms with Gasteiger partial charge < -0.3 is 4.90 Å². The Balaban J connectivity index is 1.99. The molecule has 0 spiro atoms. The number of hydrogen-bond acceptors (Lipinski definition) is 3. The molecule has 1 aromatic carbocycles. The normalized spacial score (nSPS) is 14.4. The zero-order valence-corrected chi connectivity index (χ0v) is 12.7. The first-order valence-corrected chi connectivity index (χ1v) is 7.75. The predicted molar refractivity (Wildman–Crippen MR) is 86.3 cm³/mol. The molecule has 0 saturated heterocycles. The number of benzene rings is 1. The van der Waals surface area contributed by atoms with Crippen molar-refractivity contribution < 1.29 is 0 Å². The lowest BCUT2D eigenvalue weighted by atomic mass is 10.1. The van der Waals surface area contributed by atoms with Crippen molar-refractivity contribution in [3.05, 3.63) is 35.9 Å². The van der Waals surface area contributed by atoms with Gasteiger partial charge >= 0.3 is 0 Å². The van der Waals surface area contributed by atoms with Crippen LogP contribution in [0, 0.1) is 17.2 Å². The maximum absolute atomic E-state index is 9.42. The number of pyridine rings is 1. The molecular weight excluding hydrogens is 258 g/mol. The second-order valence-corrected chi connectivity index (χ2v) is 6.26. The molecular formula is C18H21N3. The van der Waals surface area contributed by atoms with Gasteiger partial charge in [0.05, 0.1) is 17.1 Å². The molecule has 1 heterocycles. The van der Waals surface area contributed by atoms with Crippen LogP contribution in [-0.4, -0.2) is 17.6 Å². The van der Waals surface area contributed by atoms with E-state index in [-0.39, 0.29) is 0 Å². The van der Waals surface area contributed by atoms with Crippen LogP contribution in [0.1, 0.15) is 38.7 Å². The van der Waals surface area contributed by atoms with Gasteiger partial charge in [-0.1, -0.05) is 32.0 Å². The number of aromatic nitrogens is 1. The Morgan fingerprint density at radius 2 is 2.10 bits per heavy atom. The van der Waals surface area contributed by atoms with Crippen molar-refractivity contribution in [1.29, 1.82) is 5.26 Å². The van der Waals surface area contributed by atoms with Crippen molar-refractivity contribution in [2.45, 2.75) is 39.2 Å². The zero-order chi connectivity index (χ0) is 14.8. The van der Waals surface area contributed by atoms with Crippen molar-refractivity contribution >= 4 is 16.7 Å². The van der Waals surface area contributed by atoms with E-state index in [2.05, 4.69) is 24.8 Å². The topological polar surface area (TPSA) is 39.9 Å². The van der Waals surface area contributed by atoms with Gasteiger partial charge in [0, 0.05) is 18.0 Å². The smallest absolute Gasteiger partial charge is 0.130 e. The monoisotopic (exact) mass is 279 g/mol. The summed E-state index contributed by atoms with van der Waals surface area (Å²) in [5, 5.41) is 10.4. The number of para-hydroxylation sites is 1. The minimum atomic E-state index is 0.615. The lowest BCUT2D eigenvalue weighted by Gasteiger charge is -2.25. The summed E-state index contributed by atoms with van der Waals surface area (Å²) < 4.78 is 0. The molecule has 0 radical (unpaired) electrons. The highest BCUT2D eigenvalue weighted by Crippen LogP contribution is 2.33. The third kappa shape index (κ3) is 3.00. The Bertz CT molecular complexity index is 680. The fourth-order valence-electron chi connectivity index (χ4n) is 2.67. The van der Waals surface area contributed by atoms with Crippen LogP contribution in [0.4, 0.5) is 5.82 Å². The van der Waals surface area contributed by atoms with E-state index in [1.165, 1.54) is 12.8 Å². The molecule has 0 N–H and O–H groups in total. The Kier molecular flexibility index (Phi) is 3.79. The second kappa shape index (κ2) is 5.73. The highest BCUT2D eigenvalue weighted by molar-refractivity contribution is 5.86. The van der Waals surface area contributed by atoms with Crippen molar-refractivity contribution in [2.75, 3.05) is 11.4 Å². The van der Waals surface area contributed by atoms with Gasteiger partial charge in [0.2, 0.25) is 0 Å². The fourth-order valence-corrected chi connectivity index (χ4v) is 2.67. The molecule has 1 aliphatic rings. The minimum Gasteiger partial charge on any atom is -0.354 e. The molecule has 1 aliphatic carbocycles. The van der Waals surface area contributed by atoms with E-state index in [1.54, 1.807) is 0 Å². The Labute approximate surface area is 126 Å². The molecule has 1 fully saturated rings. The largest absolute Gasteiger partial charge is 0.354 e. The number of anilines is 1. The fraction of sp³-hybridized carbons (Fsp3) is 0.444. The van der Waals surface area contributed by atoms with Crippen molar-refractivity contribution in [3.63, 3.8) is 0 Å². The highest BCUT2D eigenvalue weighted by atomic mass is 15.2. The Hall–Kier alpha value is -2.08. The predicted octanol–water partition coefficient (Wildman–Crippen LogP) is 4.12. The molecule has 0 atom stereocenters. The summed E-state index contributed by atoms with van der Waals surface area (Å²) in [4.78, 5) is 7.19. The number of nitriles is 1. The molecule has 3 heteroatoms. The van der Waals surface area contributed by atoms with Crippen LogP contribution in [-0.2, 0) is 0 Å². The maximum atomic E-state index is 9.42. The molecule has 0 bridgehead atoms. The molecule has 3 nitrogen and oxygen atoms in total. The van der Waals surface area contributed by atoms with Gasteiger partial charge in [0.15, 0.2) is 0 Å². The molecule has 0 unspecified atom stereocenters. The average Bonchev–Trinajstić information content (AvgIpc) is 3.31. The lowest BCUT2D eigenvalue weighted by molar-refractivity contribution is 0.569. The van der Waals surface area contributed by atoms with E-state index in [1.807, 2.05) is 30.3 Å². The Morgan fingerprint density at radius 3 is 2.76 bits per heavy atom. The van der Waals surface area contributed by atoms with Crippen molar-refractivity contribution in [3.8, 4) is 6.07 Å². The number of nitrogens with zero attached hydrogens (tertiary/aromatic N) is 3. The van der Waals surface area contributed by atoms with Gasteiger partial charge in [-0.2, -0.15) is 5.26 Å². The van der Waals surface area contributed by atoms with E-state index in [0.717, 1.165) is 35.2 Å². The summed E-state index contributed by atoms with van der Waals surface area (Å²) in [6.45, 7) is 5.53. The Morgan fingerprint density at radius 1 is 1.33 bits per heavy atom. The maximum Gasteiger partial charge on any atom is 0.130 e. The van der Waals surface area contributed by atoms with Gasteiger partial charge in [-0.15, -0.1) is 0 Å². The van der Waals surface area contributed by atoms with Gasteiger partial charge in [0.1, 0.15) is 5.82 Å². The third-order valence-electron chi connectivity index (χ3n) is 4.05. The lowest BCUT2D eigenvalue weighted by Crippen LogP contribution is -2.28. The summed E-state index contributed by atoms with van der Waals surface area (Å²) in [5.41, 5.74) is 1.65. The standard InChI is InChI=1S/C18H21N3/c1-13(2)9-10-21(15-7-8-15)18-11-14(12-19)16-5-3-4-6-17(16)20-18/h3-6,11,13,15H,7-10H2,1-2H3. The quantitative estimate of drug-likeness (QED) is 0.826. The van der Waals surface area contributed by atoms with Crippen molar-refractivity contribution in [2.24, 2.45) is 5.92 Å². The van der Waals surface area contributed by atoms with Crippen LogP contribution >= 0.6 is 0 Å². The zero-order valence-electron chi connectivity index (χ0n) is 12.7. The van der Waals surface area contributed by atoms with E-state index in [9.17, 15) is 5.26 Å². The molecule has 0 aliphatic heterocycles. The van der Waals surface area contributed by atoms with Crippen LogP contribution in [0.25, 0.3) is 10.9 Å². The molecule has 1 saturated carbocycles. The van der Waals surface area contributed by atoms with Gasteiger partial charge in [0.25, 0.3) is 0 Å². The van der Waals surface area contributed by atoms with Crippen molar-refractivity contribution in [1.82, 2.24) is 4.98 Å². The summed E-state index contributed by atoms with van der Waals surface area (Å²) in [7, 11) is 0. The van der Waals surface area contributed by atoms with Crippen LogP contribution in [0.3, 0.4) is 0 Å². The van der Waals surface area contributed by atoms with Gasteiger partial charge in [-0.25, -0.2) is 4.98 Å². The van der Waals surface area contributed by atoms with Crippen LogP contribution in [0.15, 0.2) is 30.3 Å². The number of fused-ring (bicyclic) bond motifs is 1. The first-order chi connectivity index (χ1) is 10.2. The summed E-state index contributed by atoms with van der Waals surface area (Å²) in [5.74, 6) is 1.65. The van der Waals surface area contributed by atoms with Gasteiger partial charge in [-0.3, -0.25) is 0 Å². The van der Waals surface area contributed by atoms with Crippen LogP contribution in [0.5, 0.6) is 0 Å². The summed E-state index contributed by atoms with van der Waals surface area (Å²) >= 11 is 0. The first kappa shape index (κ1) is 13.9. The summed E-state index contributed by atoms with van der Waals surface area (Å²) in [6.07, 6.45) is 3.65. The van der Waals surface area contributed by atoms with E-state index in [4.69, 9.17) is 4.98 Å². The second-order valence-electron chi connectivity index (χ2n) is 6.26. The first-order valence-electron chi connectivity index (χ1n) is 7.75. The minimum absolute atomic E-state index is 0.615. The molecule has 0 amide bonds. The van der Waals surface area contributed by atoms with E-state index in [0.29, 0.717) is 12.0 Å². The van der Waals surface area contributed by atoms with Crippen LogP contribution < -0.4 is 4.90 Å². The van der Waals surface area contributed by atoms with E-state index < -0.39 is 0 Å². The van der Waals surface area contributed by atoms with Crippen LogP contribution in [0.2, 0.25) is 0 Å². The third-order valence-corrected chi connectivity index (χ3v) is 4.05. The van der Waals surface area contributed by atoms with Gasteiger partial charge in [-0.05, 0) is 37.3 Å². The highest BCUT2D eigenvalue weighted by Gasteiger charge is 2.30. The number of hydrogen-bond donors (Lipinski definition) is 0. The summed E-state index contributed by atoms with van der Waals surface area (Å²) in [6, 6.07) is 12.8. The molecule has 1 aromatic heterocycles. The average molecular weight is 279 g/mol. The molecule has 108 valence electrons.